The van der Waals surface area contributed by atoms with Gasteiger partial charge in [-0.15, -0.1) is 11.3 Å². The molecule has 2 rings (SSSR count). The van der Waals surface area contributed by atoms with Crippen molar-refractivity contribution >= 4 is 17.2 Å². The van der Waals surface area contributed by atoms with Crippen molar-refractivity contribution in [3.63, 3.8) is 0 Å². The largest absolute Gasteiger partial charge is 0.487 e. The predicted octanol–water partition coefficient (Wildman–Crippen LogP) is 1.12. The van der Waals surface area contributed by atoms with Crippen molar-refractivity contribution in [2.75, 3.05) is 13.7 Å². The van der Waals surface area contributed by atoms with E-state index in [2.05, 4.69) is 16.7 Å². The predicted molar refractivity (Wildman–Crippen MR) is 63.7 cm³/mol. The summed E-state index contributed by atoms with van der Waals surface area (Å²) in [6.07, 6.45) is 1.56. The van der Waals surface area contributed by atoms with Crippen LogP contribution in [0.3, 0.4) is 0 Å². The van der Waals surface area contributed by atoms with Gasteiger partial charge < -0.3 is 15.4 Å². The number of hydrogen-bond acceptors (Lipinski definition) is 4. The maximum Gasteiger partial charge on any atom is 0.220 e. The first-order chi connectivity index (χ1) is 7.78. The van der Waals surface area contributed by atoms with Gasteiger partial charge in [-0.05, 0) is 18.6 Å². The lowest BCUT2D eigenvalue weighted by Gasteiger charge is -2.23. The van der Waals surface area contributed by atoms with Crippen LogP contribution in [0.2, 0.25) is 0 Å². The topological polar surface area (TPSA) is 50.4 Å². The van der Waals surface area contributed by atoms with E-state index in [9.17, 15) is 4.79 Å². The number of thiophene rings is 1. The molecule has 5 heteroatoms. The second kappa shape index (κ2) is 5.32. The van der Waals surface area contributed by atoms with Crippen molar-refractivity contribution in [2.45, 2.75) is 25.4 Å². The number of rotatable bonds is 4. The van der Waals surface area contributed by atoms with Crippen molar-refractivity contribution in [3.05, 3.63) is 17.0 Å². The van der Waals surface area contributed by atoms with Gasteiger partial charge in [0.1, 0.15) is 0 Å². The summed E-state index contributed by atoms with van der Waals surface area (Å²) in [5, 5.41) is 7.24. The standard InChI is InChI=1S/C11H16N2O2S/c1-15-11-5-3-9(16-11)7-12-8-2-4-10(14)13-6-8/h3,5,8,12H,2,4,6-7H2,1H3,(H,13,14). The molecule has 0 aliphatic carbocycles. The molecule has 0 bridgehead atoms. The number of amides is 1. The van der Waals surface area contributed by atoms with E-state index < -0.39 is 0 Å². The molecule has 1 atom stereocenters. The van der Waals surface area contributed by atoms with E-state index in [1.165, 1.54) is 4.88 Å². The van der Waals surface area contributed by atoms with Crippen LogP contribution in [-0.2, 0) is 11.3 Å². The van der Waals surface area contributed by atoms with Crippen LogP contribution >= 0.6 is 11.3 Å². The molecule has 0 saturated carbocycles. The molecule has 0 radical (unpaired) electrons. The molecule has 88 valence electrons. The molecule has 4 nitrogen and oxygen atoms in total. The Morgan fingerprint density at radius 1 is 1.62 bits per heavy atom. The Kier molecular flexibility index (Phi) is 3.79. The summed E-state index contributed by atoms with van der Waals surface area (Å²) < 4.78 is 5.13. The number of nitrogens with one attached hydrogen (secondary N) is 2. The highest BCUT2D eigenvalue weighted by atomic mass is 32.1. The first-order valence-electron chi connectivity index (χ1n) is 5.40. The zero-order valence-electron chi connectivity index (χ0n) is 9.29. The molecule has 1 amide bonds. The lowest BCUT2D eigenvalue weighted by molar-refractivity contribution is -0.122. The summed E-state index contributed by atoms with van der Waals surface area (Å²) in [5.41, 5.74) is 0. The third-order valence-corrected chi connectivity index (χ3v) is 3.72. The molecule has 1 aliphatic rings. The quantitative estimate of drug-likeness (QED) is 0.829. The minimum absolute atomic E-state index is 0.163. The van der Waals surface area contributed by atoms with E-state index in [0.717, 1.165) is 24.6 Å². The van der Waals surface area contributed by atoms with Gasteiger partial charge in [-0.25, -0.2) is 0 Å². The van der Waals surface area contributed by atoms with Gasteiger partial charge in [0, 0.05) is 30.4 Å². The van der Waals surface area contributed by atoms with Crippen molar-refractivity contribution in [2.24, 2.45) is 0 Å². The Morgan fingerprint density at radius 3 is 3.12 bits per heavy atom. The molecule has 2 heterocycles. The molecule has 1 fully saturated rings. The van der Waals surface area contributed by atoms with Crippen LogP contribution in [-0.4, -0.2) is 25.6 Å². The number of hydrogen-bond donors (Lipinski definition) is 2. The first kappa shape index (κ1) is 11.4. The van der Waals surface area contributed by atoms with Crippen LogP contribution in [0, 0.1) is 0 Å². The summed E-state index contributed by atoms with van der Waals surface area (Å²) in [7, 11) is 1.68. The van der Waals surface area contributed by atoms with Gasteiger partial charge in [0.2, 0.25) is 5.91 Å². The number of ether oxygens (including phenoxy) is 1. The van der Waals surface area contributed by atoms with Gasteiger partial charge in [0.25, 0.3) is 0 Å². The number of carbonyl (C=O) groups excluding carboxylic acids is 1. The summed E-state index contributed by atoms with van der Waals surface area (Å²) in [6.45, 7) is 1.58. The van der Waals surface area contributed by atoms with E-state index in [0.29, 0.717) is 12.5 Å². The Labute approximate surface area is 99.0 Å². The van der Waals surface area contributed by atoms with E-state index in [-0.39, 0.29) is 5.91 Å². The second-order valence-corrected chi connectivity index (χ2v) is 4.98. The van der Waals surface area contributed by atoms with E-state index in [1.54, 1.807) is 18.4 Å². The highest BCUT2D eigenvalue weighted by Gasteiger charge is 2.17. The van der Waals surface area contributed by atoms with Gasteiger partial charge in [-0.3, -0.25) is 4.79 Å². The molecule has 1 aliphatic heterocycles. The Hall–Kier alpha value is -1.07. The van der Waals surface area contributed by atoms with Crippen LogP contribution in [0.15, 0.2) is 12.1 Å². The average Bonchev–Trinajstić information content (AvgIpc) is 2.76. The van der Waals surface area contributed by atoms with Crippen LogP contribution in [0.25, 0.3) is 0 Å². The average molecular weight is 240 g/mol. The molecule has 16 heavy (non-hydrogen) atoms. The zero-order valence-corrected chi connectivity index (χ0v) is 10.1. The number of carbonyl (C=O) groups is 1. The van der Waals surface area contributed by atoms with Crippen molar-refractivity contribution in [1.29, 1.82) is 0 Å². The van der Waals surface area contributed by atoms with Crippen LogP contribution in [0.4, 0.5) is 0 Å². The van der Waals surface area contributed by atoms with E-state index in [4.69, 9.17) is 4.74 Å². The molecular formula is C11H16N2O2S. The molecule has 0 spiro atoms. The maximum atomic E-state index is 11.0. The molecule has 2 N–H and O–H groups in total. The molecule has 1 aromatic rings. The van der Waals surface area contributed by atoms with Gasteiger partial charge in [-0.2, -0.15) is 0 Å². The smallest absolute Gasteiger partial charge is 0.220 e. The molecule has 1 aromatic heterocycles. The Balaban J connectivity index is 1.76. The fourth-order valence-corrected chi connectivity index (χ4v) is 2.48. The number of methoxy groups -OCH3 is 1. The SMILES string of the molecule is COc1ccc(CNC2CCC(=O)NC2)s1. The van der Waals surface area contributed by atoms with Gasteiger partial charge >= 0.3 is 0 Å². The molecule has 1 unspecified atom stereocenters. The highest BCUT2D eigenvalue weighted by Crippen LogP contribution is 2.23. The van der Waals surface area contributed by atoms with Gasteiger partial charge in [-0.1, -0.05) is 0 Å². The second-order valence-electron chi connectivity index (χ2n) is 3.85. The lowest BCUT2D eigenvalue weighted by Crippen LogP contribution is -2.45. The maximum absolute atomic E-state index is 11.0. The number of piperidine rings is 1. The van der Waals surface area contributed by atoms with Crippen LogP contribution in [0.1, 0.15) is 17.7 Å². The monoisotopic (exact) mass is 240 g/mol. The van der Waals surface area contributed by atoms with Crippen molar-refractivity contribution in [1.82, 2.24) is 10.6 Å². The van der Waals surface area contributed by atoms with E-state index in [1.807, 2.05) is 6.07 Å². The van der Waals surface area contributed by atoms with Crippen molar-refractivity contribution < 1.29 is 9.53 Å². The Morgan fingerprint density at radius 2 is 2.50 bits per heavy atom. The summed E-state index contributed by atoms with van der Waals surface area (Å²) in [6, 6.07) is 4.44. The Bertz CT molecular complexity index is 355. The minimum Gasteiger partial charge on any atom is -0.487 e. The third-order valence-electron chi connectivity index (χ3n) is 2.67. The summed E-state index contributed by atoms with van der Waals surface area (Å²) in [5.74, 6) is 0.163. The minimum atomic E-state index is 0.163. The fraction of sp³-hybridized carbons (Fsp3) is 0.545. The first-order valence-corrected chi connectivity index (χ1v) is 6.22. The van der Waals surface area contributed by atoms with Crippen molar-refractivity contribution in [3.8, 4) is 5.06 Å². The highest BCUT2D eigenvalue weighted by molar-refractivity contribution is 7.13. The van der Waals surface area contributed by atoms with Gasteiger partial charge in [0.15, 0.2) is 5.06 Å². The molecule has 0 aromatic carbocycles. The summed E-state index contributed by atoms with van der Waals surface area (Å²) in [4.78, 5) is 12.2. The van der Waals surface area contributed by atoms with Crippen LogP contribution < -0.4 is 15.4 Å². The molecule has 1 saturated heterocycles. The zero-order chi connectivity index (χ0) is 11.4. The third kappa shape index (κ3) is 2.96. The summed E-state index contributed by atoms with van der Waals surface area (Å²) >= 11 is 1.65. The van der Waals surface area contributed by atoms with Gasteiger partial charge in [0.05, 0.1) is 7.11 Å². The fourth-order valence-electron chi connectivity index (χ4n) is 1.71. The normalized spacial score (nSPS) is 20.6. The van der Waals surface area contributed by atoms with E-state index >= 15 is 0 Å². The molecular weight excluding hydrogens is 224 g/mol. The van der Waals surface area contributed by atoms with Crippen LogP contribution in [0.5, 0.6) is 5.06 Å². The lowest BCUT2D eigenvalue weighted by atomic mass is 10.1.